The number of fused-ring (bicyclic) bond motifs is 1. The number of anilines is 2. The molecule has 6 heteroatoms. The molecule has 0 fully saturated rings. The molecule has 5 nitrogen and oxygen atoms in total. The van der Waals surface area contributed by atoms with Crippen molar-refractivity contribution >= 4 is 38.1 Å². The number of hydrogen-bond acceptors (Lipinski definition) is 3. The minimum Gasteiger partial charge on any atom is -0.322 e. The first kappa shape index (κ1) is 20.6. The highest BCUT2D eigenvalue weighted by molar-refractivity contribution is 7.92. The molecule has 0 aromatic heterocycles. The van der Waals surface area contributed by atoms with E-state index >= 15 is 0 Å². The lowest BCUT2D eigenvalue weighted by molar-refractivity contribution is 0.102. The fourth-order valence-corrected chi connectivity index (χ4v) is 4.62. The molecular formula is C25H22N2O3S. The van der Waals surface area contributed by atoms with Gasteiger partial charge in [0.25, 0.3) is 15.9 Å². The summed E-state index contributed by atoms with van der Waals surface area (Å²) in [5.41, 5.74) is 3.33. The number of carbonyl (C=O) groups excluding carboxylic acids is 1. The van der Waals surface area contributed by atoms with Gasteiger partial charge in [-0.2, -0.15) is 0 Å². The summed E-state index contributed by atoms with van der Waals surface area (Å²) in [5.74, 6) is -0.255. The Labute approximate surface area is 181 Å². The van der Waals surface area contributed by atoms with Crippen LogP contribution in [0.25, 0.3) is 10.8 Å². The van der Waals surface area contributed by atoms with Crippen molar-refractivity contribution in [3.63, 3.8) is 0 Å². The number of sulfonamides is 1. The van der Waals surface area contributed by atoms with Crippen LogP contribution in [0, 0.1) is 13.8 Å². The lowest BCUT2D eigenvalue weighted by Crippen LogP contribution is -2.15. The molecule has 0 spiro atoms. The van der Waals surface area contributed by atoms with Crippen LogP contribution in [0.4, 0.5) is 11.4 Å². The molecule has 0 aliphatic rings. The number of aryl methyl sites for hydroxylation is 2. The van der Waals surface area contributed by atoms with E-state index in [0.29, 0.717) is 16.9 Å². The molecule has 0 unspecified atom stereocenters. The predicted molar refractivity (Wildman–Crippen MR) is 125 cm³/mol. The van der Waals surface area contributed by atoms with Crippen LogP contribution in [0.2, 0.25) is 0 Å². The first-order chi connectivity index (χ1) is 14.8. The van der Waals surface area contributed by atoms with E-state index in [2.05, 4.69) is 10.0 Å². The highest BCUT2D eigenvalue weighted by Crippen LogP contribution is 2.24. The highest BCUT2D eigenvalue weighted by Gasteiger charge is 2.17. The smallest absolute Gasteiger partial charge is 0.261 e. The molecule has 31 heavy (non-hydrogen) atoms. The first-order valence-corrected chi connectivity index (χ1v) is 11.3. The molecule has 4 rings (SSSR count). The summed E-state index contributed by atoms with van der Waals surface area (Å²) in [6.45, 7) is 3.71. The molecule has 2 N–H and O–H groups in total. The van der Waals surface area contributed by atoms with Gasteiger partial charge < -0.3 is 5.32 Å². The minimum absolute atomic E-state index is 0.124. The highest BCUT2D eigenvalue weighted by atomic mass is 32.2. The summed E-state index contributed by atoms with van der Waals surface area (Å²) in [6, 6.07) is 25.0. The second-order valence-corrected chi connectivity index (χ2v) is 9.10. The summed E-state index contributed by atoms with van der Waals surface area (Å²) < 4.78 is 28.2. The Balaban J connectivity index is 1.51. The van der Waals surface area contributed by atoms with Crippen molar-refractivity contribution in [2.75, 3.05) is 10.0 Å². The van der Waals surface area contributed by atoms with Crippen LogP contribution in [0.15, 0.2) is 89.8 Å². The number of hydrogen-bond donors (Lipinski definition) is 2. The number of carbonyl (C=O) groups is 1. The van der Waals surface area contributed by atoms with Crippen LogP contribution < -0.4 is 10.0 Å². The van der Waals surface area contributed by atoms with Crippen LogP contribution >= 0.6 is 0 Å². The standard InChI is InChI=1S/C25H22N2O3S/c1-17-6-5-7-18(2)24(17)27-31(29,30)23-14-12-22(13-15-23)26-25(28)21-11-10-19-8-3-4-9-20(19)16-21/h3-16,27H,1-2H3,(H,26,28). The number of para-hydroxylation sites is 1. The number of nitrogens with one attached hydrogen (secondary N) is 2. The van der Waals surface area contributed by atoms with Crippen molar-refractivity contribution in [1.29, 1.82) is 0 Å². The van der Waals surface area contributed by atoms with Crippen LogP contribution in [0.1, 0.15) is 21.5 Å². The largest absolute Gasteiger partial charge is 0.322 e. The summed E-state index contributed by atoms with van der Waals surface area (Å²) in [7, 11) is -3.74. The molecule has 0 aliphatic carbocycles. The number of rotatable bonds is 5. The van der Waals surface area contributed by atoms with Gasteiger partial charge in [0, 0.05) is 11.3 Å². The third kappa shape index (κ3) is 4.44. The molecule has 0 saturated heterocycles. The fourth-order valence-electron chi connectivity index (χ4n) is 3.42. The molecule has 0 heterocycles. The topological polar surface area (TPSA) is 75.3 Å². The lowest BCUT2D eigenvalue weighted by atomic mass is 10.1. The van der Waals surface area contributed by atoms with E-state index in [1.807, 2.05) is 68.4 Å². The Kier molecular flexibility index (Phi) is 5.48. The SMILES string of the molecule is Cc1cccc(C)c1NS(=O)(=O)c1ccc(NC(=O)c2ccc3ccccc3c2)cc1. The second kappa shape index (κ2) is 8.24. The Morgan fingerprint density at radius 1 is 0.742 bits per heavy atom. The van der Waals surface area contributed by atoms with E-state index in [1.165, 1.54) is 12.1 Å². The van der Waals surface area contributed by atoms with Gasteiger partial charge in [-0.1, -0.05) is 48.5 Å². The van der Waals surface area contributed by atoms with E-state index in [9.17, 15) is 13.2 Å². The maximum Gasteiger partial charge on any atom is 0.261 e. The molecule has 0 atom stereocenters. The van der Waals surface area contributed by atoms with E-state index in [4.69, 9.17) is 0 Å². The molecule has 0 saturated carbocycles. The van der Waals surface area contributed by atoms with Crippen molar-refractivity contribution in [1.82, 2.24) is 0 Å². The van der Waals surface area contributed by atoms with Crippen molar-refractivity contribution in [2.24, 2.45) is 0 Å². The third-order valence-electron chi connectivity index (χ3n) is 5.15. The van der Waals surface area contributed by atoms with Gasteiger partial charge in [0.1, 0.15) is 0 Å². The van der Waals surface area contributed by atoms with Crippen LogP contribution in [0.5, 0.6) is 0 Å². The molecule has 156 valence electrons. The van der Waals surface area contributed by atoms with Crippen molar-refractivity contribution < 1.29 is 13.2 Å². The molecule has 4 aromatic rings. The fraction of sp³-hybridized carbons (Fsp3) is 0.0800. The first-order valence-electron chi connectivity index (χ1n) is 9.83. The van der Waals surface area contributed by atoms with Gasteiger partial charge in [0.15, 0.2) is 0 Å². The zero-order valence-electron chi connectivity index (χ0n) is 17.2. The lowest BCUT2D eigenvalue weighted by Gasteiger charge is -2.13. The van der Waals surface area contributed by atoms with E-state index in [-0.39, 0.29) is 10.8 Å². The van der Waals surface area contributed by atoms with Crippen molar-refractivity contribution in [3.8, 4) is 0 Å². The second-order valence-electron chi connectivity index (χ2n) is 7.41. The maximum atomic E-state index is 12.8. The van der Waals surface area contributed by atoms with Gasteiger partial charge >= 0.3 is 0 Å². The molecule has 4 aromatic carbocycles. The molecule has 0 aliphatic heterocycles. The Morgan fingerprint density at radius 3 is 2.06 bits per heavy atom. The van der Waals surface area contributed by atoms with E-state index < -0.39 is 10.0 Å². The van der Waals surface area contributed by atoms with Gasteiger partial charge in [-0.3, -0.25) is 9.52 Å². The van der Waals surface area contributed by atoms with Crippen molar-refractivity contribution in [2.45, 2.75) is 18.7 Å². The maximum absolute atomic E-state index is 12.8. The summed E-state index contributed by atoms with van der Waals surface area (Å²) in [5, 5.41) is 4.86. The zero-order valence-corrected chi connectivity index (χ0v) is 18.0. The van der Waals surface area contributed by atoms with Crippen LogP contribution in [-0.4, -0.2) is 14.3 Å². The third-order valence-corrected chi connectivity index (χ3v) is 6.52. The van der Waals surface area contributed by atoms with Crippen LogP contribution in [0.3, 0.4) is 0 Å². The van der Waals surface area contributed by atoms with E-state index in [0.717, 1.165) is 21.9 Å². The summed E-state index contributed by atoms with van der Waals surface area (Å²) in [4.78, 5) is 12.7. The van der Waals surface area contributed by atoms with Gasteiger partial charge in [0.05, 0.1) is 10.6 Å². The Morgan fingerprint density at radius 2 is 1.39 bits per heavy atom. The van der Waals surface area contributed by atoms with Gasteiger partial charge in [-0.05, 0) is 72.1 Å². The number of benzene rings is 4. The quantitative estimate of drug-likeness (QED) is 0.438. The van der Waals surface area contributed by atoms with E-state index in [1.54, 1.807) is 18.2 Å². The molecule has 0 bridgehead atoms. The van der Waals surface area contributed by atoms with Gasteiger partial charge in [-0.25, -0.2) is 8.42 Å². The van der Waals surface area contributed by atoms with Gasteiger partial charge in [0.2, 0.25) is 0 Å². The summed E-state index contributed by atoms with van der Waals surface area (Å²) in [6.07, 6.45) is 0. The van der Waals surface area contributed by atoms with Crippen LogP contribution in [-0.2, 0) is 10.0 Å². The Bertz CT molecular complexity index is 1360. The zero-order chi connectivity index (χ0) is 22.0. The van der Waals surface area contributed by atoms with Gasteiger partial charge in [-0.15, -0.1) is 0 Å². The average molecular weight is 431 g/mol. The minimum atomic E-state index is -3.74. The summed E-state index contributed by atoms with van der Waals surface area (Å²) >= 11 is 0. The monoisotopic (exact) mass is 430 g/mol. The molecule has 1 amide bonds. The molecule has 0 radical (unpaired) electrons. The number of amides is 1. The normalized spacial score (nSPS) is 11.3. The molecular weight excluding hydrogens is 408 g/mol. The van der Waals surface area contributed by atoms with Crippen molar-refractivity contribution in [3.05, 3.63) is 102 Å². The Hall–Kier alpha value is -3.64. The average Bonchev–Trinajstić information content (AvgIpc) is 2.76. The predicted octanol–water partition coefficient (Wildman–Crippen LogP) is 5.51.